The van der Waals surface area contributed by atoms with Crippen LogP contribution in [0.4, 0.5) is 4.39 Å². The summed E-state index contributed by atoms with van der Waals surface area (Å²) in [6, 6.07) is 8.87. The first-order valence-corrected chi connectivity index (χ1v) is 6.18. The van der Waals surface area contributed by atoms with Crippen LogP contribution in [-0.4, -0.2) is 6.29 Å². The van der Waals surface area contributed by atoms with Crippen molar-refractivity contribution in [2.75, 3.05) is 0 Å². The third-order valence-corrected chi connectivity index (χ3v) is 3.22. The van der Waals surface area contributed by atoms with Crippen molar-refractivity contribution < 1.29 is 13.9 Å². The van der Waals surface area contributed by atoms with E-state index in [1.807, 2.05) is 0 Å². The quantitative estimate of drug-likeness (QED) is 0.776. The lowest BCUT2D eigenvalue weighted by molar-refractivity contribution is 0.111. The van der Waals surface area contributed by atoms with Crippen LogP contribution in [0.5, 0.6) is 5.75 Å². The Bertz CT molecular complexity index is 614. The minimum atomic E-state index is -0.398. The molecular formula is C14H9Cl2FO2. The van der Waals surface area contributed by atoms with Gasteiger partial charge in [0, 0.05) is 10.6 Å². The van der Waals surface area contributed by atoms with Gasteiger partial charge in [-0.1, -0.05) is 29.3 Å². The van der Waals surface area contributed by atoms with Gasteiger partial charge in [-0.3, -0.25) is 4.79 Å². The van der Waals surface area contributed by atoms with Gasteiger partial charge < -0.3 is 4.74 Å². The molecule has 0 bridgehead atoms. The number of hydrogen-bond acceptors (Lipinski definition) is 2. The second-order valence-electron chi connectivity index (χ2n) is 3.79. The highest BCUT2D eigenvalue weighted by Crippen LogP contribution is 2.26. The van der Waals surface area contributed by atoms with Crippen molar-refractivity contribution in [3.05, 3.63) is 63.4 Å². The van der Waals surface area contributed by atoms with Crippen molar-refractivity contribution in [3.63, 3.8) is 0 Å². The van der Waals surface area contributed by atoms with Crippen LogP contribution in [0.1, 0.15) is 15.9 Å². The molecule has 2 aromatic carbocycles. The molecule has 2 rings (SSSR count). The highest BCUT2D eigenvalue weighted by Gasteiger charge is 2.09. The Labute approximate surface area is 119 Å². The van der Waals surface area contributed by atoms with Gasteiger partial charge in [0.1, 0.15) is 18.2 Å². The van der Waals surface area contributed by atoms with Gasteiger partial charge in [0.25, 0.3) is 0 Å². The molecule has 0 aliphatic carbocycles. The number of halogens is 3. The first kappa shape index (κ1) is 13.8. The van der Waals surface area contributed by atoms with Gasteiger partial charge in [-0.15, -0.1) is 0 Å². The van der Waals surface area contributed by atoms with Gasteiger partial charge in [-0.05, 0) is 30.3 Å². The van der Waals surface area contributed by atoms with Crippen LogP contribution in [-0.2, 0) is 6.61 Å². The van der Waals surface area contributed by atoms with Crippen molar-refractivity contribution in [2.24, 2.45) is 0 Å². The summed E-state index contributed by atoms with van der Waals surface area (Å²) in [6.45, 7) is 0.0533. The summed E-state index contributed by atoms with van der Waals surface area (Å²) in [5, 5.41) is 0.703. The summed E-state index contributed by atoms with van der Waals surface area (Å²) in [6.07, 6.45) is 0.616. The first-order valence-electron chi connectivity index (χ1n) is 5.42. The standard InChI is InChI=1S/C14H9Cl2FO2/c15-12-5-4-10(17)6-9(12)8-19-14-3-1-2-13(16)11(14)7-18/h1-7H,8H2. The van der Waals surface area contributed by atoms with Crippen molar-refractivity contribution in [1.82, 2.24) is 0 Å². The van der Waals surface area contributed by atoms with E-state index in [2.05, 4.69) is 0 Å². The lowest BCUT2D eigenvalue weighted by Crippen LogP contribution is -2.00. The van der Waals surface area contributed by atoms with E-state index in [1.54, 1.807) is 18.2 Å². The minimum Gasteiger partial charge on any atom is -0.488 e. The number of aldehydes is 1. The Morgan fingerprint density at radius 3 is 2.68 bits per heavy atom. The molecule has 0 radical (unpaired) electrons. The molecule has 0 saturated heterocycles. The molecule has 98 valence electrons. The third-order valence-electron chi connectivity index (χ3n) is 2.52. The fourth-order valence-corrected chi connectivity index (χ4v) is 1.95. The number of rotatable bonds is 4. The van der Waals surface area contributed by atoms with Crippen LogP contribution >= 0.6 is 23.2 Å². The van der Waals surface area contributed by atoms with Gasteiger partial charge in [-0.2, -0.15) is 0 Å². The summed E-state index contributed by atoms with van der Waals surface area (Å²) in [5.41, 5.74) is 0.759. The zero-order valence-electron chi connectivity index (χ0n) is 9.70. The van der Waals surface area contributed by atoms with E-state index in [9.17, 15) is 9.18 Å². The Morgan fingerprint density at radius 2 is 1.95 bits per heavy atom. The molecule has 0 saturated carbocycles. The molecule has 0 fully saturated rings. The normalized spacial score (nSPS) is 10.3. The molecule has 0 unspecified atom stereocenters. The fourth-order valence-electron chi connectivity index (χ4n) is 1.57. The summed E-state index contributed by atoms with van der Waals surface area (Å²) in [4.78, 5) is 10.9. The predicted molar refractivity (Wildman–Crippen MR) is 72.6 cm³/mol. The van der Waals surface area contributed by atoms with E-state index in [1.165, 1.54) is 18.2 Å². The van der Waals surface area contributed by atoms with Crippen molar-refractivity contribution >= 4 is 29.5 Å². The van der Waals surface area contributed by atoms with Crippen LogP contribution < -0.4 is 4.74 Å². The Balaban J connectivity index is 2.21. The lowest BCUT2D eigenvalue weighted by atomic mass is 10.2. The number of ether oxygens (including phenoxy) is 1. The third kappa shape index (κ3) is 3.25. The minimum absolute atomic E-state index is 0.0533. The molecule has 5 heteroatoms. The van der Waals surface area contributed by atoms with Gasteiger partial charge >= 0.3 is 0 Å². The van der Waals surface area contributed by atoms with E-state index in [-0.39, 0.29) is 12.2 Å². The van der Waals surface area contributed by atoms with Crippen molar-refractivity contribution in [1.29, 1.82) is 0 Å². The number of benzene rings is 2. The Morgan fingerprint density at radius 1 is 1.16 bits per heavy atom. The highest BCUT2D eigenvalue weighted by atomic mass is 35.5. The summed E-state index contributed by atoms with van der Waals surface area (Å²) in [5.74, 6) is -0.0625. The molecular weight excluding hydrogens is 290 g/mol. The van der Waals surface area contributed by atoms with Gasteiger partial charge in [0.05, 0.1) is 10.6 Å². The maximum Gasteiger partial charge on any atom is 0.155 e. The maximum atomic E-state index is 13.1. The predicted octanol–water partition coefficient (Wildman–Crippen LogP) is 4.52. The largest absolute Gasteiger partial charge is 0.488 e. The van der Waals surface area contributed by atoms with Crippen LogP contribution in [0.15, 0.2) is 36.4 Å². The SMILES string of the molecule is O=Cc1c(Cl)cccc1OCc1cc(F)ccc1Cl. The zero-order chi connectivity index (χ0) is 13.8. The topological polar surface area (TPSA) is 26.3 Å². The Hall–Kier alpha value is -1.58. The Kier molecular flexibility index (Phi) is 4.40. The monoisotopic (exact) mass is 298 g/mol. The molecule has 0 N–H and O–H groups in total. The van der Waals surface area contributed by atoms with E-state index in [0.717, 1.165) is 0 Å². The second kappa shape index (κ2) is 6.04. The molecule has 0 aliphatic rings. The molecule has 0 heterocycles. The maximum absolute atomic E-state index is 13.1. The number of carbonyl (C=O) groups excluding carboxylic acids is 1. The molecule has 19 heavy (non-hydrogen) atoms. The summed E-state index contributed by atoms with van der Waals surface area (Å²) >= 11 is 11.8. The van der Waals surface area contributed by atoms with E-state index in [4.69, 9.17) is 27.9 Å². The van der Waals surface area contributed by atoms with Crippen LogP contribution in [0, 0.1) is 5.82 Å². The molecule has 2 nitrogen and oxygen atoms in total. The van der Waals surface area contributed by atoms with E-state index < -0.39 is 5.82 Å². The second-order valence-corrected chi connectivity index (χ2v) is 4.61. The van der Waals surface area contributed by atoms with E-state index in [0.29, 0.717) is 27.6 Å². The van der Waals surface area contributed by atoms with Gasteiger partial charge in [0.2, 0.25) is 0 Å². The molecule has 0 aliphatic heterocycles. The summed E-state index contributed by atoms with van der Waals surface area (Å²) in [7, 11) is 0. The average Bonchev–Trinajstić information content (AvgIpc) is 2.40. The smallest absolute Gasteiger partial charge is 0.155 e. The average molecular weight is 299 g/mol. The fraction of sp³-hybridized carbons (Fsp3) is 0.0714. The molecule has 0 amide bonds. The van der Waals surface area contributed by atoms with Crippen molar-refractivity contribution in [3.8, 4) is 5.75 Å². The number of carbonyl (C=O) groups is 1. The van der Waals surface area contributed by atoms with Gasteiger partial charge in [-0.25, -0.2) is 4.39 Å². The van der Waals surface area contributed by atoms with E-state index >= 15 is 0 Å². The lowest BCUT2D eigenvalue weighted by Gasteiger charge is -2.10. The van der Waals surface area contributed by atoms with Crippen LogP contribution in [0.3, 0.4) is 0 Å². The zero-order valence-corrected chi connectivity index (χ0v) is 11.2. The van der Waals surface area contributed by atoms with Crippen molar-refractivity contribution in [2.45, 2.75) is 6.61 Å². The van der Waals surface area contributed by atoms with Gasteiger partial charge in [0.15, 0.2) is 6.29 Å². The highest BCUT2D eigenvalue weighted by molar-refractivity contribution is 6.33. The first-order chi connectivity index (χ1) is 9.11. The molecule has 0 atom stereocenters. The van der Waals surface area contributed by atoms with Crippen LogP contribution in [0.2, 0.25) is 10.0 Å². The molecule has 0 aromatic heterocycles. The molecule has 0 spiro atoms. The number of hydrogen-bond donors (Lipinski definition) is 0. The van der Waals surface area contributed by atoms with Crippen LogP contribution in [0.25, 0.3) is 0 Å². The molecule has 2 aromatic rings. The summed E-state index contributed by atoms with van der Waals surface area (Å²) < 4.78 is 18.6.